The zero-order chi connectivity index (χ0) is 11.3. The molecule has 0 saturated heterocycles. The molecule has 0 radical (unpaired) electrons. The zero-order valence-electron chi connectivity index (χ0n) is 8.54. The second-order valence-electron chi connectivity index (χ2n) is 2.71. The first-order chi connectivity index (χ1) is 7.19. The minimum Gasteiger partial charge on any atom is -0.494 e. The van der Waals surface area contributed by atoms with E-state index in [1.54, 1.807) is 6.92 Å². The summed E-state index contributed by atoms with van der Waals surface area (Å²) in [5.74, 6) is -0.917. The highest BCUT2D eigenvalue weighted by Gasteiger charge is 2.09. The van der Waals surface area contributed by atoms with Gasteiger partial charge in [-0.05, 0) is 25.1 Å². The number of rotatable bonds is 4. The van der Waals surface area contributed by atoms with Gasteiger partial charge in [0.05, 0.1) is 13.7 Å². The number of benzene rings is 1. The Kier molecular flexibility index (Phi) is 4.05. The minimum atomic E-state index is -0.509. The topological polar surface area (TPSA) is 47.6 Å². The number of hydroxylamine groups is 1. The van der Waals surface area contributed by atoms with Crippen molar-refractivity contribution in [1.82, 2.24) is 5.48 Å². The van der Waals surface area contributed by atoms with Gasteiger partial charge in [0.25, 0.3) is 5.91 Å². The first-order valence-corrected chi connectivity index (χ1v) is 4.44. The van der Waals surface area contributed by atoms with Crippen LogP contribution in [0.5, 0.6) is 5.75 Å². The lowest BCUT2D eigenvalue weighted by atomic mass is 10.2. The molecule has 0 bridgehead atoms. The van der Waals surface area contributed by atoms with Crippen molar-refractivity contribution in [3.63, 3.8) is 0 Å². The SMILES string of the molecule is CCONC(=O)c1ccc(F)c(OC)c1. The molecule has 0 saturated carbocycles. The number of ether oxygens (including phenoxy) is 1. The summed E-state index contributed by atoms with van der Waals surface area (Å²) in [6, 6.07) is 3.83. The molecule has 0 unspecified atom stereocenters. The Hall–Kier alpha value is -1.62. The van der Waals surface area contributed by atoms with E-state index in [-0.39, 0.29) is 11.3 Å². The van der Waals surface area contributed by atoms with Crippen molar-refractivity contribution in [2.24, 2.45) is 0 Å². The van der Waals surface area contributed by atoms with Crippen LogP contribution in [0.1, 0.15) is 17.3 Å². The molecule has 4 nitrogen and oxygen atoms in total. The summed E-state index contributed by atoms with van der Waals surface area (Å²) in [6.45, 7) is 2.11. The van der Waals surface area contributed by atoms with Crippen molar-refractivity contribution in [3.05, 3.63) is 29.6 Å². The number of nitrogens with one attached hydrogen (secondary N) is 1. The molecule has 1 rings (SSSR count). The molecule has 5 heteroatoms. The van der Waals surface area contributed by atoms with Crippen LogP contribution in [-0.2, 0) is 4.84 Å². The highest BCUT2D eigenvalue weighted by atomic mass is 19.1. The number of methoxy groups -OCH3 is 1. The fraction of sp³-hybridized carbons (Fsp3) is 0.300. The lowest BCUT2D eigenvalue weighted by Crippen LogP contribution is -2.23. The molecule has 15 heavy (non-hydrogen) atoms. The Morgan fingerprint density at radius 2 is 2.27 bits per heavy atom. The molecule has 0 fully saturated rings. The molecule has 1 aromatic rings. The maximum Gasteiger partial charge on any atom is 0.274 e. The summed E-state index contributed by atoms with van der Waals surface area (Å²) >= 11 is 0. The Bertz CT molecular complexity index is 355. The number of carbonyl (C=O) groups excluding carboxylic acids is 1. The van der Waals surface area contributed by atoms with Crippen LogP contribution < -0.4 is 10.2 Å². The predicted molar refractivity (Wildman–Crippen MR) is 52.0 cm³/mol. The molecule has 0 heterocycles. The van der Waals surface area contributed by atoms with Crippen LogP contribution >= 0.6 is 0 Å². The van der Waals surface area contributed by atoms with E-state index in [1.807, 2.05) is 0 Å². The molecule has 1 amide bonds. The normalized spacial score (nSPS) is 9.80. The Morgan fingerprint density at radius 3 is 2.87 bits per heavy atom. The summed E-state index contributed by atoms with van der Waals surface area (Å²) in [4.78, 5) is 16.1. The quantitative estimate of drug-likeness (QED) is 0.771. The van der Waals surface area contributed by atoms with E-state index in [0.29, 0.717) is 6.61 Å². The van der Waals surface area contributed by atoms with Gasteiger partial charge in [0, 0.05) is 5.56 Å². The van der Waals surface area contributed by atoms with Gasteiger partial charge in [0.2, 0.25) is 0 Å². The monoisotopic (exact) mass is 213 g/mol. The van der Waals surface area contributed by atoms with Gasteiger partial charge in [0.1, 0.15) is 0 Å². The lowest BCUT2D eigenvalue weighted by Gasteiger charge is -2.06. The van der Waals surface area contributed by atoms with Gasteiger partial charge < -0.3 is 4.74 Å². The molecule has 1 N–H and O–H groups in total. The van der Waals surface area contributed by atoms with Gasteiger partial charge in [-0.2, -0.15) is 0 Å². The number of amides is 1. The van der Waals surface area contributed by atoms with Crippen molar-refractivity contribution in [1.29, 1.82) is 0 Å². The van der Waals surface area contributed by atoms with Crippen molar-refractivity contribution in [2.45, 2.75) is 6.92 Å². The van der Waals surface area contributed by atoms with Gasteiger partial charge >= 0.3 is 0 Å². The van der Waals surface area contributed by atoms with Crippen LogP contribution in [0.2, 0.25) is 0 Å². The average molecular weight is 213 g/mol. The van der Waals surface area contributed by atoms with Gasteiger partial charge in [0.15, 0.2) is 11.6 Å². The Morgan fingerprint density at radius 1 is 1.53 bits per heavy atom. The second-order valence-corrected chi connectivity index (χ2v) is 2.71. The predicted octanol–water partition coefficient (Wildman–Crippen LogP) is 1.52. The van der Waals surface area contributed by atoms with Crippen LogP contribution in [-0.4, -0.2) is 19.6 Å². The van der Waals surface area contributed by atoms with Crippen LogP contribution in [0.25, 0.3) is 0 Å². The fourth-order valence-corrected chi connectivity index (χ4v) is 0.998. The molecule has 82 valence electrons. The maximum atomic E-state index is 13.0. The van der Waals surface area contributed by atoms with Gasteiger partial charge in [-0.15, -0.1) is 0 Å². The smallest absolute Gasteiger partial charge is 0.274 e. The van der Waals surface area contributed by atoms with Crippen LogP contribution in [0.3, 0.4) is 0 Å². The molecular formula is C10H12FNO3. The van der Waals surface area contributed by atoms with E-state index in [9.17, 15) is 9.18 Å². The van der Waals surface area contributed by atoms with Crippen molar-refractivity contribution < 1.29 is 18.8 Å². The first kappa shape index (κ1) is 11.5. The number of carbonyl (C=O) groups is 1. The van der Waals surface area contributed by atoms with Gasteiger partial charge in [-0.1, -0.05) is 0 Å². The first-order valence-electron chi connectivity index (χ1n) is 4.44. The standard InChI is InChI=1S/C10H12FNO3/c1-3-15-12-10(13)7-4-5-8(11)9(6-7)14-2/h4-6H,3H2,1-2H3,(H,12,13). The van der Waals surface area contributed by atoms with E-state index >= 15 is 0 Å². The number of hydrogen-bond acceptors (Lipinski definition) is 3. The van der Waals surface area contributed by atoms with E-state index in [0.717, 1.165) is 0 Å². The van der Waals surface area contributed by atoms with Gasteiger partial charge in [-0.3, -0.25) is 9.63 Å². The van der Waals surface area contributed by atoms with Crippen molar-refractivity contribution >= 4 is 5.91 Å². The van der Waals surface area contributed by atoms with Crippen LogP contribution in [0, 0.1) is 5.82 Å². The molecule has 0 aliphatic heterocycles. The van der Waals surface area contributed by atoms with Gasteiger partial charge in [-0.25, -0.2) is 9.87 Å². The Balaban J connectivity index is 2.81. The van der Waals surface area contributed by atoms with E-state index in [4.69, 9.17) is 9.57 Å². The molecule has 0 aliphatic carbocycles. The molecule has 0 aromatic heterocycles. The van der Waals surface area contributed by atoms with E-state index in [2.05, 4.69) is 5.48 Å². The minimum absolute atomic E-state index is 0.0270. The summed E-state index contributed by atoms with van der Waals surface area (Å²) in [7, 11) is 1.34. The Labute approximate surface area is 86.9 Å². The van der Waals surface area contributed by atoms with E-state index < -0.39 is 11.7 Å². The van der Waals surface area contributed by atoms with Crippen molar-refractivity contribution in [2.75, 3.05) is 13.7 Å². The molecular weight excluding hydrogens is 201 g/mol. The summed E-state index contributed by atoms with van der Waals surface area (Å²) in [5.41, 5.74) is 2.48. The maximum absolute atomic E-state index is 13.0. The lowest BCUT2D eigenvalue weighted by molar-refractivity contribution is 0.0364. The largest absolute Gasteiger partial charge is 0.494 e. The summed E-state index contributed by atoms with van der Waals surface area (Å²) < 4.78 is 17.7. The summed E-state index contributed by atoms with van der Waals surface area (Å²) in [5, 5.41) is 0. The molecule has 1 aromatic carbocycles. The number of halogens is 1. The van der Waals surface area contributed by atoms with Crippen LogP contribution in [0.15, 0.2) is 18.2 Å². The average Bonchev–Trinajstić information content (AvgIpc) is 2.26. The highest BCUT2D eigenvalue weighted by Crippen LogP contribution is 2.17. The van der Waals surface area contributed by atoms with E-state index in [1.165, 1.54) is 25.3 Å². The van der Waals surface area contributed by atoms with Crippen LogP contribution in [0.4, 0.5) is 4.39 Å². The molecule has 0 aliphatic rings. The fourth-order valence-electron chi connectivity index (χ4n) is 0.998. The third kappa shape index (κ3) is 2.92. The summed E-state index contributed by atoms with van der Waals surface area (Å²) in [6.07, 6.45) is 0. The highest BCUT2D eigenvalue weighted by molar-refractivity contribution is 5.93. The zero-order valence-corrected chi connectivity index (χ0v) is 8.54. The third-order valence-electron chi connectivity index (χ3n) is 1.72. The molecule has 0 atom stereocenters. The third-order valence-corrected chi connectivity index (χ3v) is 1.72. The van der Waals surface area contributed by atoms with Crippen molar-refractivity contribution in [3.8, 4) is 5.75 Å². The second kappa shape index (κ2) is 5.31. The number of hydrogen-bond donors (Lipinski definition) is 1. The molecule has 0 spiro atoms.